The molecule has 10 rings (SSSR count). The van der Waals surface area contributed by atoms with Crippen LogP contribution in [-0.2, 0) is 5.41 Å². The van der Waals surface area contributed by atoms with Crippen LogP contribution in [0.25, 0.3) is 66.5 Å². The van der Waals surface area contributed by atoms with E-state index < -0.39 is 0 Å². The van der Waals surface area contributed by atoms with E-state index in [2.05, 4.69) is 169 Å². The van der Waals surface area contributed by atoms with Crippen molar-refractivity contribution in [2.45, 2.75) is 29.1 Å². The van der Waals surface area contributed by atoms with Crippen LogP contribution in [0.2, 0.25) is 0 Å². The van der Waals surface area contributed by atoms with Gasteiger partial charge in [0, 0.05) is 53.7 Å². The molecule has 0 bridgehead atoms. The van der Waals surface area contributed by atoms with Crippen LogP contribution in [0.5, 0.6) is 0 Å². The van der Waals surface area contributed by atoms with Crippen molar-refractivity contribution < 1.29 is 0 Å². The topological polar surface area (TPSA) is 35.6 Å². The van der Waals surface area contributed by atoms with Crippen LogP contribution in [0.1, 0.15) is 25.1 Å². The smallest absolute Gasteiger partial charge is 0.235 e. The van der Waals surface area contributed by atoms with Crippen molar-refractivity contribution in [3.8, 4) is 22.9 Å². The first-order valence-corrected chi connectivity index (χ1v) is 17.2. The Morgan fingerprint density at radius 2 is 1.19 bits per heavy atom. The Labute approximate surface area is 282 Å². The Morgan fingerprint density at radius 3 is 2.02 bits per heavy atom. The van der Waals surface area contributed by atoms with Gasteiger partial charge in [0.05, 0.1) is 27.8 Å². The first kappa shape index (κ1) is 27.5. The van der Waals surface area contributed by atoms with Crippen molar-refractivity contribution >= 4 is 55.4 Å². The summed E-state index contributed by atoms with van der Waals surface area (Å²) in [5.41, 5.74) is 9.85. The zero-order valence-electron chi connectivity index (χ0n) is 26.6. The minimum absolute atomic E-state index is 0.241. The van der Waals surface area contributed by atoms with Crippen molar-refractivity contribution in [1.82, 2.24) is 19.1 Å². The van der Waals surface area contributed by atoms with Crippen molar-refractivity contribution in [2.24, 2.45) is 0 Å². The number of aromatic nitrogens is 4. The van der Waals surface area contributed by atoms with E-state index in [9.17, 15) is 0 Å². The number of fused-ring (bicyclic) bond motifs is 9. The molecular formula is C43H30N4S. The molecule has 1 aliphatic heterocycles. The second-order valence-corrected chi connectivity index (χ2v) is 14.1. The Kier molecular flexibility index (Phi) is 5.82. The van der Waals surface area contributed by atoms with Crippen molar-refractivity contribution in [1.29, 1.82) is 0 Å². The van der Waals surface area contributed by atoms with Crippen molar-refractivity contribution in [2.75, 3.05) is 0 Å². The molecule has 0 atom stereocenters. The molecule has 0 saturated heterocycles. The molecule has 5 heteroatoms. The first-order valence-electron chi connectivity index (χ1n) is 16.4. The lowest BCUT2D eigenvalue weighted by Gasteiger charge is -2.34. The molecule has 0 aliphatic carbocycles. The molecule has 4 nitrogen and oxygen atoms in total. The average Bonchev–Trinajstić information content (AvgIpc) is 3.66. The SMILES string of the molecule is CC1(C)c2ccccc2Sc2c1n(-c1ccccc1)c1c2ccc2c3ccccc3n(-c3nc(-c4ccccc4)c4ccccc4n3)c21. The van der Waals surface area contributed by atoms with Crippen molar-refractivity contribution in [3.05, 3.63) is 157 Å². The molecule has 3 aromatic heterocycles. The molecular weight excluding hydrogens is 605 g/mol. The standard InChI is InChI=1S/C43H30N4S/c1-43(2)33-21-11-14-24-36(33)48-40-32-26-25-30-29-19-10-13-23-35(29)47(38(30)39(32)46(41(40)43)28-17-7-4-8-18-28)42-44-34-22-12-9-20-31(34)37(45-42)27-15-5-3-6-16-27/h3-26H,1-2H3. The minimum atomic E-state index is -0.241. The predicted molar refractivity (Wildman–Crippen MR) is 199 cm³/mol. The van der Waals surface area contributed by atoms with E-state index in [1.165, 1.54) is 42.7 Å². The summed E-state index contributed by atoms with van der Waals surface area (Å²) in [7, 11) is 0. The zero-order valence-corrected chi connectivity index (χ0v) is 27.4. The maximum absolute atomic E-state index is 5.40. The fraction of sp³-hybridized carbons (Fsp3) is 0.0698. The first-order chi connectivity index (χ1) is 23.6. The van der Waals surface area contributed by atoms with E-state index in [1.807, 2.05) is 11.8 Å². The van der Waals surface area contributed by atoms with Gasteiger partial charge in [-0.25, -0.2) is 9.97 Å². The molecule has 0 radical (unpaired) electrons. The fourth-order valence-corrected chi connectivity index (χ4v) is 9.31. The van der Waals surface area contributed by atoms with E-state index in [1.54, 1.807) is 0 Å². The third kappa shape index (κ3) is 3.79. The third-order valence-corrected chi connectivity index (χ3v) is 11.1. The Hall–Kier alpha value is -5.65. The highest BCUT2D eigenvalue weighted by molar-refractivity contribution is 7.99. The highest BCUT2D eigenvalue weighted by atomic mass is 32.2. The van der Waals surface area contributed by atoms with Crippen LogP contribution in [0.15, 0.2) is 155 Å². The molecule has 1 aliphatic rings. The largest absolute Gasteiger partial charge is 0.310 e. The average molecular weight is 635 g/mol. The van der Waals surface area contributed by atoms with Gasteiger partial charge in [0.1, 0.15) is 0 Å². The third-order valence-electron chi connectivity index (χ3n) is 9.93. The molecule has 48 heavy (non-hydrogen) atoms. The number of nitrogens with zero attached hydrogens (tertiary/aromatic N) is 4. The van der Waals surface area contributed by atoms with Gasteiger partial charge >= 0.3 is 0 Å². The van der Waals surface area contributed by atoms with E-state index >= 15 is 0 Å². The summed E-state index contributed by atoms with van der Waals surface area (Å²) >= 11 is 1.89. The van der Waals surface area contributed by atoms with Gasteiger partial charge in [-0.2, -0.15) is 0 Å². The summed E-state index contributed by atoms with van der Waals surface area (Å²) < 4.78 is 4.83. The van der Waals surface area contributed by atoms with Crippen LogP contribution in [0, 0.1) is 0 Å². The summed E-state index contributed by atoms with van der Waals surface area (Å²) in [5.74, 6) is 0.667. The molecule has 0 amide bonds. The molecule has 0 unspecified atom stereocenters. The Balaban J connectivity index is 1.41. The number of benzene rings is 6. The van der Waals surface area contributed by atoms with E-state index in [0.29, 0.717) is 5.95 Å². The molecule has 0 N–H and O–H groups in total. The van der Waals surface area contributed by atoms with Gasteiger partial charge < -0.3 is 4.57 Å². The number of hydrogen-bond acceptors (Lipinski definition) is 3. The highest BCUT2D eigenvalue weighted by Crippen LogP contribution is 2.55. The fourth-order valence-electron chi connectivity index (χ4n) is 7.79. The van der Waals surface area contributed by atoms with Gasteiger partial charge in [-0.3, -0.25) is 4.57 Å². The van der Waals surface area contributed by atoms with Gasteiger partial charge in [0.25, 0.3) is 0 Å². The lowest BCUT2D eigenvalue weighted by atomic mass is 9.80. The normalized spacial score (nSPS) is 13.7. The second-order valence-electron chi connectivity index (χ2n) is 13.0. The summed E-state index contributed by atoms with van der Waals surface area (Å²) in [6.45, 7) is 4.74. The maximum atomic E-state index is 5.40. The van der Waals surface area contributed by atoms with E-state index in [-0.39, 0.29) is 5.41 Å². The zero-order chi connectivity index (χ0) is 32.0. The molecule has 9 aromatic rings. The number of rotatable bonds is 3. The van der Waals surface area contributed by atoms with Gasteiger partial charge in [-0.15, -0.1) is 0 Å². The van der Waals surface area contributed by atoms with Gasteiger partial charge in [0.15, 0.2) is 0 Å². The molecule has 228 valence electrons. The molecule has 6 aromatic carbocycles. The quantitative estimate of drug-likeness (QED) is 0.194. The van der Waals surface area contributed by atoms with Gasteiger partial charge in [0.2, 0.25) is 5.95 Å². The van der Waals surface area contributed by atoms with E-state index in [0.717, 1.165) is 38.9 Å². The highest BCUT2D eigenvalue weighted by Gasteiger charge is 2.39. The van der Waals surface area contributed by atoms with E-state index in [4.69, 9.17) is 9.97 Å². The van der Waals surface area contributed by atoms with Gasteiger partial charge in [-0.1, -0.05) is 141 Å². The lowest BCUT2D eigenvalue weighted by molar-refractivity contribution is 0.575. The summed E-state index contributed by atoms with van der Waals surface area (Å²) in [4.78, 5) is 13.3. The van der Waals surface area contributed by atoms with Crippen LogP contribution in [0.4, 0.5) is 0 Å². The van der Waals surface area contributed by atoms with Crippen LogP contribution in [-0.4, -0.2) is 19.1 Å². The Morgan fingerprint density at radius 1 is 0.542 bits per heavy atom. The molecule has 0 saturated carbocycles. The van der Waals surface area contributed by atoms with Crippen LogP contribution in [0.3, 0.4) is 0 Å². The monoisotopic (exact) mass is 634 g/mol. The summed E-state index contributed by atoms with van der Waals surface area (Å²) in [5, 5.41) is 4.64. The summed E-state index contributed by atoms with van der Waals surface area (Å²) in [6, 6.07) is 51.8. The minimum Gasteiger partial charge on any atom is -0.310 e. The van der Waals surface area contributed by atoms with Gasteiger partial charge in [-0.05, 0) is 35.9 Å². The van der Waals surface area contributed by atoms with Crippen LogP contribution < -0.4 is 0 Å². The second kappa shape index (κ2) is 10.2. The maximum Gasteiger partial charge on any atom is 0.235 e. The molecule has 4 heterocycles. The summed E-state index contributed by atoms with van der Waals surface area (Å²) in [6.07, 6.45) is 0. The molecule has 0 fully saturated rings. The number of para-hydroxylation sites is 3. The van der Waals surface area contributed by atoms with Crippen LogP contribution >= 0.6 is 11.8 Å². The lowest BCUT2D eigenvalue weighted by Crippen LogP contribution is -2.26. The van der Waals surface area contributed by atoms with Crippen molar-refractivity contribution in [3.63, 3.8) is 0 Å². The number of hydrogen-bond donors (Lipinski definition) is 0. The Bertz CT molecular complexity index is 2720. The predicted octanol–water partition coefficient (Wildman–Crippen LogP) is 11.1. The molecule has 0 spiro atoms.